The van der Waals surface area contributed by atoms with Crippen LogP contribution in [-0.2, 0) is 13.2 Å². The molecule has 0 aliphatic heterocycles. The van der Waals surface area contributed by atoms with Gasteiger partial charge in [0, 0.05) is 18.8 Å². The third-order valence-electron chi connectivity index (χ3n) is 5.46. The molecule has 0 radical (unpaired) electrons. The van der Waals surface area contributed by atoms with Crippen molar-refractivity contribution in [2.75, 3.05) is 6.67 Å². The number of rotatable bonds is 9. The van der Waals surface area contributed by atoms with E-state index in [4.69, 9.17) is 14.7 Å². The van der Waals surface area contributed by atoms with E-state index in [2.05, 4.69) is 10.1 Å². The van der Waals surface area contributed by atoms with Crippen molar-refractivity contribution >= 4 is 10.8 Å². The number of hydrogen-bond acceptors (Lipinski definition) is 7. The van der Waals surface area contributed by atoms with Gasteiger partial charge < -0.3 is 14.6 Å². The molecule has 0 saturated heterocycles. The molecule has 4 rings (SSSR count). The normalized spacial score (nSPS) is 12.1. The van der Waals surface area contributed by atoms with Crippen LogP contribution in [0.4, 0.5) is 22.0 Å². The number of aliphatic hydroxyl groups is 1. The molecule has 0 fully saturated rings. The van der Waals surface area contributed by atoms with Gasteiger partial charge in [-0.3, -0.25) is 4.57 Å². The second-order valence-electron chi connectivity index (χ2n) is 7.80. The number of nitriles is 1. The monoisotopic (exact) mass is 535 g/mol. The van der Waals surface area contributed by atoms with Crippen LogP contribution >= 0.6 is 0 Å². The molecular weight excluding hydrogens is 517 g/mol. The maximum absolute atomic E-state index is 14.5. The Labute approximate surface area is 210 Å². The molecule has 38 heavy (non-hydrogen) atoms. The van der Waals surface area contributed by atoms with Gasteiger partial charge in [-0.15, -0.1) is 5.10 Å². The van der Waals surface area contributed by atoms with E-state index in [9.17, 15) is 31.9 Å². The Morgan fingerprint density at radius 2 is 1.89 bits per heavy atom. The Bertz CT molecular complexity index is 1570. The number of halogens is 5. The van der Waals surface area contributed by atoms with Gasteiger partial charge in [0.15, 0.2) is 23.6 Å². The van der Waals surface area contributed by atoms with Crippen LogP contribution in [0.25, 0.3) is 16.5 Å². The van der Waals surface area contributed by atoms with Crippen LogP contribution in [0.3, 0.4) is 0 Å². The van der Waals surface area contributed by atoms with E-state index in [0.717, 1.165) is 22.9 Å². The Morgan fingerprint density at radius 1 is 1.18 bits per heavy atom. The molecule has 2 heterocycles. The molecule has 14 heteroatoms. The summed E-state index contributed by atoms with van der Waals surface area (Å²) in [5.41, 5.74) is -0.974. The van der Waals surface area contributed by atoms with Crippen LogP contribution in [-0.4, -0.2) is 43.6 Å². The third kappa shape index (κ3) is 4.88. The molecule has 2 aromatic heterocycles. The van der Waals surface area contributed by atoms with Crippen molar-refractivity contribution in [3.8, 4) is 29.1 Å². The SMILES string of the molecule is CCn1c(CO)nn(-c2cc(OC(CF)C(F)F)c3c(Oc4c(F)cc(C#N)cc4F)nccc3c2)c1=O. The fourth-order valence-electron chi connectivity index (χ4n) is 3.70. The predicted molar refractivity (Wildman–Crippen MR) is 122 cm³/mol. The Balaban J connectivity index is 1.94. The van der Waals surface area contributed by atoms with E-state index < -0.39 is 60.5 Å². The zero-order valence-corrected chi connectivity index (χ0v) is 19.5. The van der Waals surface area contributed by atoms with Crippen molar-refractivity contribution in [3.05, 3.63) is 70.0 Å². The van der Waals surface area contributed by atoms with Gasteiger partial charge in [-0.05, 0) is 36.6 Å². The molecule has 0 spiro atoms. The average molecular weight is 535 g/mol. The van der Waals surface area contributed by atoms with E-state index in [1.165, 1.54) is 22.9 Å². The number of benzene rings is 2. The molecule has 0 aliphatic rings. The summed E-state index contributed by atoms with van der Waals surface area (Å²) in [6.07, 6.45) is -4.31. The minimum Gasteiger partial charge on any atom is -0.481 e. The minimum absolute atomic E-state index is 0.000779. The molecule has 0 saturated carbocycles. The number of aliphatic hydroxyl groups excluding tert-OH is 1. The first-order chi connectivity index (χ1) is 18.2. The average Bonchev–Trinajstić information content (AvgIpc) is 3.23. The molecule has 9 nitrogen and oxygen atoms in total. The first-order valence-electron chi connectivity index (χ1n) is 11.0. The van der Waals surface area contributed by atoms with Gasteiger partial charge >= 0.3 is 5.69 Å². The lowest BCUT2D eigenvalue weighted by Gasteiger charge is -2.19. The quantitative estimate of drug-likeness (QED) is 0.322. The number of pyridine rings is 1. The number of ether oxygens (including phenoxy) is 2. The van der Waals surface area contributed by atoms with E-state index in [1.807, 2.05) is 0 Å². The lowest BCUT2D eigenvalue weighted by molar-refractivity contribution is -0.000432. The number of alkyl halides is 3. The van der Waals surface area contributed by atoms with Gasteiger partial charge in [-0.25, -0.2) is 31.7 Å². The Morgan fingerprint density at radius 3 is 2.45 bits per heavy atom. The van der Waals surface area contributed by atoms with Gasteiger partial charge in [-0.2, -0.15) is 9.94 Å². The smallest absolute Gasteiger partial charge is 0.350 e. The third-order valence-corrected chi connectivity index (χ3v) is 5.46. The second-order valence-corrected chi connectivity index (χ2v) is 7.80. The maximum Gasteiger partial charge on any atom is 0.350 e. The number of fused-ring (bicyclic) bond motifs is 1. The van der Waals surface area contributed by atoms with E-state index in [-0.39, 0.29) is 34.4 Å². The second kappa shape index (κ2) is 10.9. The summed E-state index contributed by atoms with van der Waals surface area (Å²) in [5.74, 6) is -4.30. The lowest BCUT2D eigenvalue weighted by Crippen LogP contribution is -2.28. The summed E-state index contributed by atoms with van der Waals surface area (Å²) in [6.45, 7) is -0.332. The molecule has 1 unspecified atom stereocenters. The van der Waals surface area contributed by atoms with Crippen LogP contribution in [0.1, 0.15) is 18.3 Å². The first kappa shape index (κ1) is 26.6. The molecule has 1 atom stereocenters. The standard InChI is InChI=1S/C24H18F5N5O4/c1-2-33-19(11-35)32-34(24(33)36)14-7-13-3-4-31-23(20(13)17(8-14)37-18(9-25)22(28)29)38-21-15(26)5-12(10-30)6-16(21)27/h3-8,18,22,35H,2,9,11H2,1H3. The van der Waals surface area contributed by atoms with Crippen molar-refractivity contribution in [2.45, 2.75) is 32.6 Å². The van der Waals surface area contributed by atoms with Gasteiger partial charge in [-0.1, -0.05) is 0 Å². The van der Waals surface area contributed by atoms with Gasteiger partial charge in [0.25, 0.3) is 6.43 Å². The van der Waals surface area contributed by atoms with Gasteiger partial charge in [0.05, 0.1) is 22.7 Å². The molecule has 0 amide bonds. The molecule has 1 N–H and O–H groups in total. The Kier molecular flexibility index (Phi) is 7.58. The molecule has 0 bridgehead atoms. The van der Waals surface area contributed by atoms with Crippen molar-refractivity contribution in [3.63, 3.8) is 0 Å². The summed E-state index contributed by atoms with van der Waals surface area (Å²) in [7, 11) is 0. The van der Waals surface area contributed by atoms with E-state index in [1.54, 1.807) is 13.0 Å². The highest BCUT2D eigenvalue weighted by atomic mass is 19.3. The van der Waals surface area contributed by atoms with Crippen LogP contribution in [0, 0.1) is 23.0 Å². The van der Waals surface area contributed by atoms with Gasteiger partial charge in [0.1, 0.15) is 19.0 Å². The fourth-order valence-corrected chi connectivity index (χ4v) is 3.70. The maximum atomic E-state index is 14.5. The zero-order valence-electron chi connectivity index (χ0n) is 19.5. The topological polar surface area (TPSA) is 115 Å². The van der Waals surface area contributed by atoms with Crippen LogP contribution in [0.2, 0.25) is 0 Å². The van der Waals surface area contributed by atoms with Crippen molar-refractivity contribution < 1.29 is 36.5 Å². The van der Waals surface area contributed by atoms with Crippen molar-refractivity contribution in [2.24, 2.45) is 0 Å². The summed E-state index contributed by atoms with van der Waals surface area (Å²) in [6, 6.07) is 6.86. The fraction of sp³-hybridized carbons (Fsp3) is 0.250. The van der Waals surface area contributed by atoms with Crippen molar-refractivity contribution in [1.29, 1.82) is 5.26 Å². The largest absolute Gasteiger partial charge is 0.481 e. The van der Waals surface area contributed by atoms with E-state index >= 15 is 0 Å². The highest BCUT2D eigenvalue weighted by Crippen LogP contribution is 2.39. The van der Waals surface area contributed by atoms with Crippen molar-refractivity contribution in [1.82, 2.24) is 19.3 Å². The molecular formula is C24H18F5N5O4. The summed E-state index contributed by atoms with van der Waals surface area (Å²) >= 11 is 0. The minimum atomic E-state index is -3.25. The predicted octanol–water partition coefficient (Wildman–Crippen LogP) is 4.02. The number of hydrogen-bond donors (Lipinski definition) is 1. The highest BCUT2D eigenvalue weighted by Gasteiger charge is 2.26. The number of nitrogens with zero attached hydrogens (tertiary/aromatic N) is 5. The van der Waals surface area contributed by atoms with Crippen LogP contribution in [0.5, 0.6) is 17.4 Å². The molecule has 2 aromatic carbocycles. The van der Waals surface area contributed by atoms with Crippen LogP contribution < -0.4 is 15.2 Å². The first-order valence-corrected chi connectivity index (χ1v) is 11.0. The summed E-state index contributed by atoms with van der Waals surface area (Å²) < 4.78 is 81.8. The molecule has 0 aliphatic carbocycles. The number of aromatic nitrogens is 4. The Hall–Kier alpha value is -4.51. The van der Waals surface area contributed by atoms with Crippen LogP contribution in [0.15, 0.2) is 41.3 Å². The highest BCUT2D eigenvalue weighted by molar-refractivity contribution is 5.94. The summed E-state index contributed by atoms with van der Waals surface area (Å²) in [5, 5.41) is 22.5. The summed E-state index contributed by atoms with van der Waals surface area (Å²) in [4.78, 5) is 16.8. The van der Waals surface area contributed by atoms with E-state index in [0.29, 0.717) is 0 Å². The van der Waals surface area contributed by atoms with Gasteiger partial charge in [0.2, 0.25) is 11.6 Å². The molecule has 4 aromatic rings. The lowest BCUT2D eigenvalue weighted by atomic mass is 10.1. The molecule has 198 valence electrons. The zero-order chi connectivity index (χ0) is 27.6.